The van der Waals surface area contributed by atoms with Crippen LogP contribution in [0.1, 0.15) is 24.2 Å². The van der Waals surface area contributed by atoms with Crippen LogP contribution in [0.25, 0.3) is 0 Å². The normalized spacial score (nSPS) is 12.6. The Kier molecular flexibility index (Phi) is 5.13. The van der Waals surface area contributed by atoms with Gasteiger partial charge in [0, 0.05) is 13.1 Å². The molecular weight excluding hydrogens is 234 g/mol. The van der Waals surface area contributed by atoms with E-state index in [-0.39, 0.29) is 0 Å². The maximum absolute atomic E-state index is 10.3. The van der Waals surface area contributed by atoms with Gasteiger partial charge in [-0.25, -0.2) is 0 Å². The van der Waals surface area contributed by atoms with Crippen LogP contribution < -0.4 is 0 Å². The van der Waals surface area contributed by atoms with Crippen LogP contribution in [0.2, 0.25) is 0 Å². The second-order valence-electron chi connectivity index (χ2n) is 4.74. The first-order valence-electron chi connectivity index (χ1n) is 6.79. The van der Waals surface area contributed by atoms with E-state index in [0.717, 1.165) is 18.7 Å². The number of benzene rings is 2. The van der Waals surface area contributed by atoms with Crippen molar-refractivity contribution in [3.05, 3.63) is 71.8 Å². The topological polar surface area (TPSA) is 23.5 Å². The Morgan fingerprint density at radius 2 is 1.53 bits per heavy atom. The van der Waals surface area contributed by atoms with Crippen molar-refractivity contribution in [2.75, 3.05) is 13.1 Å². The minimum Gasteiger partial charge on any atom is -0.387 e. The van der Waals surface area contributed by atoms with Crippen molar-refractivity contribution < 1.29 is 5.11 Å². The number of nitrogens with zero attached hydrogens (tertiary/aromatic N) is 1. The molecule has 0 heterocycles. The lowest BCUT2D eigenvalue weighted by Gasteiger charge is -2.23. The van der Waals surface area contributed by atoms with Gasteiger partial charge in [-0.1, -0.05) is 67.6 Å². The standard InChI is InChI=1S/C17H21NO/c1-2-18(13-15-9-5-3-6-10-15)14-17(19)16-11-7-4-8-12-16/h3-12,17,19H,2,13-14H2,1H3/t17-/m0/s1. The molecule has 0 saturated heterocycles. The van der Waals surface area contributed by atoms with Crippen LogP contribution in [0.5, 0.6) is 0 Å². The van der Waals surface area contributed by atoms with Crippen LogP contribution in [-0.4, -0.2) is 23.1 Å². The molecule has 100 valence electrons. The molecule has 1 N–H and O–H groups in total. The second kappa shape index (κ2) is 7.07. The summed E-state index contributed by atoms with van der Waals surface area (Å²) in [5, 5.41) is 10.3. The maximum atomic E-state index is 10.3. The van der Waals surface area contributed by atoms with E-state index in [1.54, 1.807) is 0 Å². The Morgan fingerprint density at radius 3 is 2.11 bits per heavy atom. The van der Waals surface area contributed by atoms with Gasteiger partial charge in [0.25, 0.3) is 0 Å². The molecule has 2 nitrogen and oxygen atoms in total. The largest absolute Gasteiger partial charge is 0.387 e. The predicted octanol–water partition coefficient (Wildman–Crippen LogP) is 3.24. The summed E-state index contributed by atoms with van der Waals surface area (Å²) < 4.78 is 0. The van der Waals surface area contributed by atoms with E-state index in [2.05, 4.69) is 36.1 Å². The van der Waals surface area contributed by atoms with E-state index in [9.17, 15) is 5.11 Å². The quantitative estimate of drug-likeness (QED) is 0.856. The van der Waals surface area contributed by atoms with Gasteiger partial charge in [0.15, 0.2) is 0 Å². The summed E-state index contributed by atoms with van der Waals surface area (Å²) in [5.41, 5.74) is 2.26. The summed E-state index contributed by atoms with van der Waals surface area (Å²) >= 11 is 0. The summed E-state index contributed by atoms with van der Waals surface area (Å²) in [5.74, 6) is 0. The van der Waals surface area contributed by atoms with E-state index < -0.39 is 6.10 Å². The molecule has 0 aliphatic rings. The molecule has 0 fully saturated rings. The highest BCUT2D eigenvalue weighted by atomic mass is 16.3. The Labute approximate surface area is 115 Å². The highest BCUT2D eigenvalue weighted by molar-refractivity contribution is 5.18. The number of hydrogen-bond donors (Lipinski definition) is 1. The second-order valence-corrected chi connectivity index (χ2v) is 4.74. The molecule has 0 radical (unpaired) electrons. The van der Waals surface area contributed by atoms with Gasteiger partial charge in [0.1, 0.15) is 0 Å². The maximum Gasteiger partial charge on any atom is 0.0917 e. The third-order valence-corrected chi connectivity index (χ3v) is 3.31. The zero-order valence-electron chi connectivity index (χ0n) is 11.4. The molecule has 0 aliphatic carbocycles. The highest BCUT2D eigenvalue weighted by Gasteiger charge is 2.12. The van der Waals surface area contributed by atoms with Gasteiger partial charge in [-0.2, -0.15) is 0 Å². The molecule has 19 heavy (non-hydrogen) atoms. The summed E-state index contributed by atoms with van der Waals surface area (Å²) in [6, 6.07) is 20.2. The van der Waals surface area contributed by atoms with Gasteiger partial charge in [-0.3, -0.25) is 4.90 Å². The van der Waals surface area contributed by atoms with Crippen molar-refractivity contribution in [2.24, 2.45) is 0 Å². The van der Waals surface area contributed by atoms with Crippen LogP contribution in [0, 0.1) is 0 Å². The first kappa shape index (κ1) is 13.8. The van der Waals surface area contributed by atoms with Crippen LogP contribution in [0.4, 0.5) is 0 Å². The molecule has 0 saturated carbocycles. The number of aliphatic hydroxyl groups excluding tert-OH is 1. The summed E-state index contributed by atoms with van der Waals surface area (Å²) in [4.78, 5) is 2.26. The smallest absolute Gasteiger partial charge is 0.0917 e. The van der Waals surface area contributed by atoms with Gasteiger partial charge in [-0.05, 0) is 17.7 Å². The summed E-state index contributed by atoms with van der Waals surface area (Å²) in [6.07, 6.45) is -0.426. The van der Waals surface area contributed by atoms with Gasteiger partial charge >= 0.3 is 0 Å². The molecule has 2 rings (SSSR count). The van der Waals surface area contributed by atoms with Crippen molar-refractivity contribution in [3.8, 4) is 0 Å². The molecule has 2 aromatic rings. The number of rotatable bonds is 6. The highest BCUT2D eigenvalue weighted by Crippen LogP contribution is 2.15. The minimum absolute atomic E-state index is 0.426. The molecule has 0 aromatic heterocycles. The first-order chi connectivity index (χ1) is 9.29. The van der Waals surface area contributed by atoms with Gasteiger partial charge < -0.3 is 5.11 Å². The fourth-order valence-electron chi connectivity index (χ4n) is 2.17. The lowest BCUT2D eigenvalue weighted by Crippen LogP contribution is -2.28. The van der Waals surface area contributed by atoms with E-state index in [1.165, 1.54) is 5.56 Å². The Morgan fingerprint density at radius 1 is 0.947 bits per heavy atom. The monoisotopic (exact) mass is 255 g/mol. The van der Waals surface area contributed by atoms with E-state index in [0.29, 0.717) is 6.54 Å². The Hall–Kier alpha value is -1.64. The average molecular weight is 255 g/mol. The lowest BCUT2D eigenvalue weighted by atomic mass is 10.1. The van der Waals surface area contributed by atoms with Gasteiger partial charge in [-0.15, -0.1) is 0 Å². The van der Waals surface area contributed by atoms with Crippen LogP contribution in [0.3, 0.4) is 0 Å². The molecule has 0 spiro atoms. The van der Waals surface area contributed by atoms with E-state index in [1.807, 2.05) is 36.4 Å². The zero-order chi connectivity index (χ0) is 13.5. The van der Waals surface area contributed by atoms with Crippen molar-refractivity contribution in [2.45, 2.75) is 19.6 Å². The molecule has 0 bridgehead atoms. The first-order valence-corrected chi connectivity index (χ1v) is 6.79. The molecule has 2 aromatic carbocycles. The van der Waals surface area contributed by atoms with Crippen LogP contribution >= 0.6 is 0 Å². The third kappa shape index (κ3) is 4.19. The Balaban J connectivity index is 1.96. The van der Waals surface area contributed by atoms with Gasteiger partial charge in [0.2, 0.25) is 0 Å². The summed E-state index contributed by atoms with van der Waals surface area (Å²) in [7, 11) is 0. The number of likely N-dealkylation sites (N-methyl/N-ethyl adjacent to an activating group) is 1. The van der Waals surface area contributed by atoms with E-state index in [4.69, 9.17) is 0 Å². The van der Waals surface area contributed by atoms with E-state index >= 15 is 0 Å². The van der Waals surface area contributed by atoms with Crippen LogP contribution in [-0.2, 0) is 6.54 Å². The minimum atomic E-state index is -0.426. The number of aliphatic hydroxyl groups is 1. The molecule has 2 heteroatoms. The molecule has 1 atom stereocenters. The Bertz CT molecular complexity index is 469. The van der Waals surface area contributed by atoms with Crippen molar-refractivity contribution in [1.29, 1.82) is 0 Å². The zero-order valence-corrected chi connectivity index (χ0v) is 11.4. The van der Waals surface area contributed by atoms with Crippen molar-refractivity contribution in [3.63, 3.8) is 0 Å². The summed E-state index contributed by atoms with van der Waals surface area (Å²) in [6.45, 7) is 4.59. The fraction of sp³-hybridized carbons (Fsp3) is 0.294. The molecule has 0 aliphatic heterocycles. The van der Waals surface area contributed by atoms with Gasteiger partial charge in [0.05, 0.1) is 6.10 Å². The SMILES string of the molecule is CCN(Cc1ccccc1)C[C@H](O)c1ccccc1. The van der Waals surface area contributed by atoms with Crippen molar-refractivity contribution >= 4 is 0 Å². The van der Waals surface area contributed by atoms with Crippen LogP contribution in [0.15, 0.2) is 60.7 Å². The molecule has 0 unspecified atom stereocenters. The predicted molar refractivity (Wildman–Crippen MR) is 78.8 cm³/mol. The third-order valence-electron chi connectivity index (χ3n) is 3.31. The fourth-order valence-corrected chi connectivity index (χ4v) is 2.17. The lowest BCUT2D eigenvalue weighted by molar-refractivity contribution is 0.112. The average Bonchev–Trinajstić information content (AvgIpc) is 2.48. The number of hydrogen-bond acceptors (Lipinski definition) is 2. The van der Waals surface area contributed by atoms with Crippen molar-refractivity contribution in [1.82, 2.24) is 4.90 Å². The molecule has 0 amide bonds. The molecular formula is C17H21NO.